The number of aliphatic hydroxyl groups excluding tert-OH is 1. The van der Waals surface area contributed by atoms with Crippen LogP contribution >= 0.6 is 15.9 Å². The van der Waals surface area contributed by atoms with Crippen molar-refractivity contribution in [2.24, 2.45) is 0 Å². The van der Waals surface area contributed by atoms with Crippen LogP contribution in [0.3, 0.4) is 0 Å². The zero-order chi connectivity index (χ0) is 12.5. The number of rotatable bonds is 4. The fourth-order valence-corrected chi connectivity index (χ4v) is 2.21. The fraction of sp³-hybridized carbons (Fsp3) is 0.462. The van der Waals surface area contributed by atoms with Crippen LogP contribution in [-0.4, -0.2) is 23.7 Å². The molecule has 17 heavy (non-hydrogen) atoms. The summed E-state index contributed by atoms with van der Waals surface area (Å²) >= 11 is 3.39. The van der Waals surface area contributed by atoms with Crippen molar-refractivity contribution < 1.29 is 9.90 Å². The van der Waals surface area contributed by atoms with Gasteiger partial charge in [0, 0.05) is 11.0 Å². The molecule has 0 heterocycles. The van der Waals surface area contributed by atoms with E-state index >= 15 is 0 Å². The molecule has 2 rings (SSSR count). The van der Waals surface area contributed by atoms with Gasteiger partial charge >= 0.3 is 0 Å². The summed E-state index contributed by atoms with van der Waals surface area (Å²) in [6, 6.07) is 7.88. The molecule has 0 unspecified atom stereocenters. The Labute approximate surface area is 109 Å². The van der Waals surface area contributed by atoms with E-state index in [1.54, 1.807) is 6.92 Å². The largest absolute Gasteiger partial charge is 0.392 e. The van der Waals surface area contributed by atoms with Crippen LogP contribution in [0, 0.1) is 0 Å². The SMILES string of the molecule is C[C@@H](O)CNC(=O)C1(c2ccc(Br)cc2)CC1. The normalized spacial score (nSPS) is 18.5. The molecular weight excluding hydrogens is 282 g/mol. The van der Waals surface area contributed by atoms with Gasteiger partial charge in [-0.3, -0.25) is 4.79 Å². The molecule has 1 aliphatic rings. The van der Waals surface area contributed by atoms with Crippen LogP contribution in [0.4, 0.5) is 0 Å². The van der Waals surface area contributed by atoms with Gasteiger partial charge in [-0.1, -0.05) is 28.1 Å². The maximum Gasteiger partial charge on any atom is 0.230 e. The lowest BCUT2D eigenvalue weighted by Gasteiger charge is -2.16. The summed E-state index contributed by atoms with van der Waals surface area (Å²) in [4.78, 5) is 12.1. The molecule has 0 saturated heterocycles. The molecule has 0 aliphatic heterocycles. The second-order valence-corrected chi connectivity index (χ2v) is 5.56. The summed E-state index contributed by atoms with van der Waals surface area (Å²) < 4.78 is 1.02. The predicted molar refractivity (Wildman–Crippen MR) is 69.7 cm³/mol. The highest BCUT2D eigenvalue weighted by Gasteiger charge is 2.51. The molecule has 3 nitrogen and oxygen atoms in total. The molecule has 2 N–H and O–H groups in total. The highest BCUT2D eigenvalue weighted by atomic mass is 79.9. The number of hydrogen-bond donors (Lipinski definition) is 2. The standard InChI is InChI=1S/C13H16BrNO2/c1-9(16)8-15-12(17)13(6-7-13)10-2-4-11(14)5-3-10/h2-5,9,16H,6-8H2,1H3,(H,15,17)/t9-/m1/s1. The zero-order valence-electron chi connectivity index (χ0n) is 9.74. The van der Waals surface area contributed by atoms with Crippen molar-refractivity contribution in [3.63, 3.8) is 0 Å². The van der Waals surface area contributed by atoms with Crippen LogP contribution in [0.1, 0.15) is 25.3 Å². The molecule has 1 atom stereocenters. The van der Waals surface area contributed by atoms with E-state index in [-0.39, 0.29) is 11.3 Å². The average Bonchev–Trinajstić information content (AvgIpc) is 3.08. The predicted octanol–water partition coefficient (Wildman–Crippen LogP) is 1.98. The number of amides is 1. The minimum Gasteiger partial charge on any atom is -0.392 e. The minimum absolute atomic E-state index is 0.0284. The molecule has 1 aromatic carbocycles. The van der Waals surface area contributed by atoms with E-state index in [2.05, 4.69) is 21.2 Å². The zero-order valence-corrected chi connectivity index (χ0v) is 11.3. The second-order valence-electron chi connectivity index (χ2n) is 4.65. The smallest absolute Gasteiger partial charge is 0.230 e. The minimum atomic E-state index is -0.500. The Morgan fingerprint density at radius 1 is 1.47 bits per heavy atom. The van der Waals surface area contributed by atoms with E-state index in [9.17, 15) is 9.90 Å². The molecule has 0 spiro atoms. The van der Waals surface area contributed by atoms with Crippen LogP contribution in [0.2, 0.25) is 0 Å². The van der Waals surface area contributed by atoms with E-state index < -0.39 is 6.10 Å². The highest BCUT2D eigenvalue weighted by molar-refractivity contribution is 9.10. The maximum absolute atomic E-state index is 12.1. The molecule has 1 aromatic rings. The molecule has 1 fully saturated rings. The van der Waals surface area contributed by atoms with E-state index in [1.807, 2.05) is 24.3 Å². The van der Waals surface area contributed by atoms with Crippen molar-refractivity contribution in [3.05, 3.63) is 34.3 Å². The lowest BCUT2D eigenvalue weighted by molar-refractivity contribution is -0.124. The van der Waals surface area contributed by atoms with Crippen LogP contribution < -0.4 is 5.32 Å². The van der Waals surface area contributed by atoms with Gasteiger partial charge in [0.05, 0.1) is 11.5 Å². The summed E-state index contributed by atoms with van der Waals surface area (Å²) in [5, 5.41) is 12.0. The van der Waals surface area contributed by atoms with Gasteiger partial charge in [-0.25, -0.2) is 0 Å². The maximum atomic E-state index is 12.1. The summed E-state index contributed by atoms with van der Waals surface area (Å²) in [5.74, 6) is 0.0284. The number of carbonyl (C=O) groups excluding carboxylic acids is 1. The Kier molecular flexibility index (Phi) is 3.54. The quantitative estimate of drug-likeness (QED) is 0.893. The Morgan fingerprint density at radius 3 is 2.53 bits per heavy atom. The Morgan fingerprint density at radius 2 is 2.06 bits per heavy atom. The van der Waals surface area contributed by atoms with Gasteiger partial charge in [0.2, 0.25) is 5.91 Å². The van der Waals surface area contributed by atoms with Crippen LogP contribution in [0.5, 0.6) is 0 Å². The molecule has 0 aromatic heterocycles. The number of nitrogens with one attached hydrogen (secondary N) is 1. The topological polar surface area (TPSA) is 49.3 Å². The molecule has 1 amide bonds. The first-order valence-electron chi connectivity index (χ1n) is 5.77. The van der Waals surface area contributed by atoms with Gasteiger partial charge in [0.15, 0.2) is 0 Å². The van der Waals surface area contributed by atoms with Crippen molar-refractivity contribution in [2.45, 2.75) is 31.3 Å². The lowest BCUT2D eigenvalue weighted by Crippen LogP contribution is -2.38. The number of halogens is 1. The van der Waals surface area contributed by atoms with Gasteiger partial charge in [-0.15, -0.1) is 0 Å². The molecule has 0 radical (unpaired) electrons. The molecule has 4 heteroatoms. The van der Waals surface area contributed by atoms with Gasteiger partial charge in [-0.05, 0) is 37.5 Å². The third-order valence-electron chi connectivity index (χ3n) is 3.14. The van der Waals surface area contributed by atoms with Crippen molar-refractivity contribution in [2.75, 3.05) is 6.54 Å². The Hall–Kier alpha value is -0.870. The third kappa shape index (κ3) is 2.69. The fourth-order valence-electron chi connectivity index (χ4n) is 1.95. The van der Waals surface area contributed by atoms with Crippen molar-refractivity contribution in [3.8, 4) is 0 Å². The molecule has 0 bridgehead atoms. The first kappa shape index (κ1) is 12.6. The first-order chi connectivity index (χ1) is 8.04. The molecule has 92 valence electrons. The number of hydrogen-bond acceptors (Lipinski definition) is 2. The van der Waals surface area contributed by atoms with Gasteiger partial charge in [-0.2, -0.15) is 0 Å². The van der Waals surface area contributed by atoms with Crippen molar-refractivity contribution >= 4 is 21.8 Å². The Balaban J connectivity index is 2.08. The van der Waals surface area contributed by atoms with Gasteiger partial charge in [0.1, 0.15) is 0 Å². The average molecular weight is 298 g/mol. The Bertz CT molecular complexity index is 410. The van der Waals surface area contributed by atoms with Crippen LogP contribution in [-0.2, 0) is 10.2 Å². The summed E-state index contributed by atoms with van der Waals surface area (Å²) in [6.45, 7) is 1.98. The molecule has 1 saturated carbocycles. The molecule has 1 aliphatic carbocycles. The van der Waals surface area contributed by atoms with Gasteiger partial charge in [0.25, 0.3) is 0 Å². The van der Waals surface area contributed by atoms with Crippen LogP contribution in [0.25, 0.3) is 0 Å². The van der Waals surface area contributed by atoms with Crippen molar-refractivity contribution in [1.29, 1.82) is 0 Å². The van der Waals surface area contributed by atoms with Crippen LogP contribution in [0.15, 0.2) is 28.7 Å². The van der Waals surface area contributed by atoms with Gasteiger partial charge < -0.3 is 10.4 Å². The number of aliphatic hydroxyl groups is 1. The van der Waals surface area contributed by atoms with E-state index in [1.165, 1.54) is 0 Å². The monoisotopic (exact) mass is 297 g/mol. The lowest BCUT2D eigenvalue weighted by atomic mass is 9.95. The van der Waals surface area contributed by atoms with E-state index in [0.717, 1.165) is 22.9 Å². The highest BCUT2D eigenvalue weighted by Crippen LogP contribution is 2.48. The van der Waals surface area contributed by atoms with E-state index in [4.69, 9.17) is 0 Å². The number of benzene rings is 1. The summed E-state index contributed by atoms with van der Waals surface area (Å²) in [5.41, 5.74) is 0.707. The third-order valence-corrected chi connectivity index (χ3v) is 3.67. The summed E-state index contributed by atoms with van der Waals surface area (Å²) in [7, 11) is 0. The van der Waals surface area contributed by atoms with E-state index in [0.29, 0.717) is 6.54 Å². The first-order valence-corrected chi connectivity index (χ1v) is 6.56. The molecular formula is C13H16BrNO2. The summed E-state index contributed by atoms with van der Waals surface area (Å²) in [6.07, 6.45) is 1.28. The second kappa shape index (κ2) is 4.78. The van der Waals surface area contributed by atoms with Crippen molar-refractivity contribution in [1.82, 2.24) is 5.32 Å². The number of carbonyl (C=O) groups is 1.